The number of nitro benzene ring substituents is 4. The van der Waals surface area contributed by atoms with E-state index in [1.807, 2.05) is 0 Å². The van der Waals surface area contributed by atoms with Crippen molar-refractivity contribution < 1.29 is 87.0 Å². The molecule has 0 aliphatic rings. The van der Waals surface area contributed by atoms with E-state index in [9.17, 15) is 60.9 Å². The van der Waals surface area contributed by atoms with Gasteiger partial charge in [-0.1, -0.05) is 23.2 Å². The average molecular weight is 959 g/mol. The number of hydrogen-bond acceptors (Lipinski definition) is 18. The van der Waals surface area contributed by atoms with Crippen molar-refractivity contribution >= 4 is 92.5 Å². The van der Waals surface area contributed by atoms with Gasteiger partial charge in [-0.15, -0.1) is 10.2 Å². The Bertz CT molecular complexity index is 2700. The summed E-state index contributed by atoms with van der Waals surface area (Å²) in [4.78, 5) is 48.8. The second-order valence-electron chi connectivity index (χ2n) is 12.0. The van der Waals surface area contributed by atoms with Gasteiger partial charge in [0.15, 0.2) is 0 Å². The molecule has 0 unspecified atom stereocenters. The van der Waals surface area contributed by atoms with E-state index in [1.54, 1.807) is 0 Å². The van der Waals surface area contributed by atoms with Crippen LogP contribution >= 0.6 is 23.2 Å². The molecule has 0 radical (unpaired) electrons. The summed E-state index contributed by atoms with van der Waals surface area (Å²) in [6.45, 7) is 0. The Kier molecular flexibility index (Phi) is 18.6. The number of benzene rings is 6. The molecule has 318 valence electrons. The topological polar surface area (TPSA) is 328 Å². The van der Waals surface area contributed by atoms with Crippen LogP contribution in [-0.2, 0) is 17.4 Å². The predicted octanol–water partition coefficient (Wildman–Crippen LogP) is 8.47. The first-order chi connectivity index (χ1) is 29.5. The standard InChI is InChI=1S/2C19H12ClN5O6.Cr.Na/c2*20-15-8-13(24(28)29)2-4-16(15)23-22-12-1-5-18(26)11(7-12)10-21-17-9-14(25(30)31)3-6-19(17)27;;/h2*1-10,26-27H;;/q;;;+1. The molecular weight excluding hydrogens is 934 g/mol. The van der Waals surface area contributed by atoms with Gasteiger partial charge >= 0.3 is 29.6 Å². The summed E-state index contributed by atoms with van der Waals surface area (Å²) < 4.78 is 0. The number of azo groups is 2. The summed E-state index contributed by atoms with van der Waals surface area (Å²) in [5.74, 6) is -0.850. The van der Waals surface area contributed by atoms with Crippen LogP contribution in [0.5, 0.6) is 23.0 Å². The molecule has 0 saturated heterocycles. The SMILES string of the molecule is O=[N+]([O-])c1ccc(N=Nc2ccc(O)c(C=Nc3cc([N+](=O)[O-])ccc3O)c2)c(Cl)c1.O=[N+]([O-])c1ccc(N=Nc2ccc(O)c(C=Nc3cc([N+](=O)[O-])ccc3O)c2)c(Cl)c1.[Cr].[Na+]. The molecule has 6 aromatic rings. The number of rotatable bonds is 12. The van der Waals surface area contributed by atoms with Crippen LogP contribution in [0.25, 0.3) is 0 Å². The van der Waals surface area contributed by atoms with E-state index in [0.717, 1.165) is 48.5 Å². The number of nitrogens with zero attached hydrogens (tertiary/aromatic N) is 10. The largest absolute Gasteiger partial charge is 1.00 e. The van der Waals surface area contributed by atoms with Crippen LogP contribution in [-0.4, -0.2) is 52.5 Å². The fourth-order valence-corrected chi connectivity index (χ4v) is 5.18. The van der Waals surface area contributed by atoms with Crippen LogP contribution in [0.3, 0.4) is 0 Å². The molecule has 0 heterocycles. The van der Waals surface area contributed by atoms with Crippen molar-refractivity contribution in [1.82, 2.24) is 0 Å². The quantitative estimate of drug-likeness (QED) is 0.0295. The number of aromatic hydroxyl groups is 4. The minimum atomic E-state index is -0.625. The predicted molar refractivity (Wildman–Crippen MR) is 225 cm³/mol. The number of aliphatic imine (C=N–C) groups is 2. The Morgan fingerprint density at radius 3 is 1.06 bits per heavy atom. The maximum Gasteiger partial charge on any atom is 1.00 e. The van der Waals surface area contributed by atoms with Gasteiger partial charge in [-0.05, 0) is 60.7 Å². The molecular formula is C38H24Cl2CrN10NaO12+. The monoisotopic (exact) mass is 957 g/mol. The van der Waals surface area contributed by atoms with Crippen molar-refractivity contribution in [3.8, 4) is 23.0 Å². The summed E-state index contributed by atoms with van der Waals surface area (Å²) >= 11 is 11.9. The van der Waals surface area contributed by atoms with Crippen LogP contribution in [0.4, 0.5) is 56.9 Å². The Balaban J connectivity index is 0.000000330. The zero-order valence-corrected chi connectivity index (χ0v) is 37.0. The van der Waals surface area contributed by atoms with Gasteiger partial charge in [0.2, 0.25) is 0 Å². The fraction of sp³-hybridized carbons (Fsp3) is 0. The molecule has 0 fully saturated rings. The third-order valence-corrected chi connectivity index (χ3v) is 8.48. The van der Waals surface area contributed by atoms with E-state index in [0.29, 0.717) is 11.4 Å². The fourth-order valence-electron chi connectivity index (χ4n) is 4.75. The Morgan fingerprint density at radius 1 is 0.422 bits per heavy atom. The molecule has 0 aliphatic heterocycles. The Hall–Kier alpha value is -7.23. The molecule has 22 nitrogen and oxygen atoms in total. The molecule has 0 atom stereocenters. The van der Waals surface area contributed by atoms with Crippen molar-refractivity contribution in [2.24, 2.45) is 30.4 Å². The van der Waals surface area contributed by atoms with Crippen LogP contribution in [0.2, 0.25) is 10.0 Å². The van der Waals surface area contributed by atoms with Crippen molar-refractivity contribution in [2.75, 3.05) is 0 Å². The minimum absolute atomic E-state index is 0. The number of phenolic OH excluding ortho intramolecular Hbond substituents is 4. The molecule has 64 heavy (non-hydrogen) atoms. The molecule has 0 aromatic heterocycles. The van der Waals surface area contributed by atoms with Gasteiger partial charge in [-0.2, -0.15) is 10.2 Å². The molecule has 0 bridgehead atoms. The first kappa shape index (κ1) is 51.1. The number of phenols is 4. The van der Waals surface area contributed by atoms with Crippen molar-refractivity contribution in [1.29, 1.82) is 0 Å². The maximum absolute atomic E-state index is 10.9. The van der Waals surface area contributed by atoms with Crippen molar-refractivity contribution in [3.63, 3.8) is 0 Å². The Labute approximate surface area is 401 Å². The number of halogens is 2. The van der Waals surface area contributed by atoms with E-state index in [-0.39, 0.29) is 137 Å². The summed E-state index contributed by atoms with van der Waals surface area (Å²) in [5, 5.41) is 98.9. The molecule has 0 spiro atoms. The number of hydrogen-bond donors (Lipinski definition) is 4. The zero-order chi connectivity index (χ0) is 45.1. The van der Waals surface area contributed by atoms with E-state index >= 15 is 0 Å². The molecule has 26 heteroatoms. The summed E-state index contributed by atoms with van der Waals surface area (Å²) in [5.41, 5.74) is 0.440. The van der Waals surface area contributed by atoms with Crippen LogP contribution in [0.15, 0.2) is 140 Å². The first-order valence-corrected chi connectivity index (χ1v) is 17.6. The van der Waals surface area contributed by atoms with Crippen molar-refractivity contribution in [3.05, 3.63) is 171 Å². The van der Waals surface area contributed by atoms with E-state index in [1.165, 1.54) is 73.1 Å². The summed E-state index contributed by atoms with van der Waals surface area (Å²) in [6, 6.07) is 22.6. The van der Waals surface area contributed by atoms with Crippen LogP contribution in [0, 0.1) is 40.5 Å². The van der Waals surface area contributed by atoms with Gasteiger partial charge < -0.3 is 20.4 Å². The minimum Gasteiger partial charge on any atom is -0.507 e. The smallest absolute Gasteiger partial charge is 0.507 e. The number of nitro groups is 4. The third kappa shape index (κ3) is 13.9. The summed E-state index contributed by atoms with van der Waals surface area (Å²) in [6.07, 6.45) is 2.40. The number of non-ortho nitro benzene ring substituents is 4. The van der Waals surface area contributed by atoms with Crippen LogP contribution < -0.4 is 29.6 Å². The van der Waals surface area contributed by atoms with Crippen LogP contribution in [0.1, 0.15) is 11.1 Å². The van der Waals surface area contributed by atoms with Gasteiger partial charge in [0.05, 0.1) is 41.1 Å². The molecule has 0 aliphatic carbocycles. The molecule has 0 saturated carbocycles. The second-order valence-corrected chi connectivity index (χ2v) is 12.9. The zero-order valence-electron chi connectivity index (χ0n) is 32.2. The molecule has 6 rings (SSSR count). The van der Waals surface area contributed by atoms with E-state index in [2.05, 4.69) is 30.4 Å². The van der Waals surface area contributed by atoms with Gasteiger partial charge in [0, 0.05) is 89.4 Å². The van der Waals surface area contributed by atoms with Gasteiger partial charge in [-0.3, -0.25) is 50.4 Å². The van der Waals surface area contributed by atoms with E-state index < -0.39 is 19.7 Å². The third-order valence-electron chi connectivity index (χ3n) is 7.88. The molecule has 6 aromatic carbocycles. The second kappa shape index (κ2) is 23.3. The normalized spacial score (nSPS) is 10.9. The van der Waals surface area contributed by atoms with Gasteiger partial charge in [0.1, 0.15) is 45.7 Å². The van der Waals surface area contributed by atoms with Crippen molar-refractivity contribution in [2.45, 2.75) is 0 Å². The van der Waals surface area contributed by atoms with E-state index in [4.69, 9.17) is 23.2 Å². The summed E-state index contributed by atoms with van der Waals surface area (Å²) in [7, 11) is 0. The molecule has 4 N–H and O–H groups in total. The molecule has 0 amide bonds. The Morgan fingerprint density at radius 2 is 0.734 bits per heavy atom. The average Bonchev–Trinajstić information content (AvgIpc) is 3.23. The van der Waals surface area contributed by atoms with Gasteiger partial charge in [0.25, 0.3) is 22.7 Å². The van der Waals surface area contributed by atoms with Gasteiger partial charge in [-0.25, -0.2) is 0 Å². The first-order valence-electron chi connectivity index (χ1n) is 16.9. The maximum atomic E-state index is 10.9.